The molecule has 3 saturated heterocycles. The molecule has 0 spiro atoms. The average molecular weight is 647 g/mol. The number of nitrogens with one attached hydrogen (secondary N) is 1. The molecule has 1 aromatic rings. The highest BCUT2D eigenvalue weighted by molar-refractivity contribution is 8.01. The predicted octanol–water partition coefficient (Wildman–Crippen LogP) is 4.79. The van der Waals surface area contributed by atoms with Gasteiger partial charge in [-0.3, -0.25) is 14.9 Å². The van der Waals surface area contributed by atoms with Crippen LogP contribution >= 0.6 is 11.8 Å². The predicted molar refractivity (Wildman–Crippen MR) is 179 cm³/mol. The number of aliphatic carboxylic acids is 1. The standard InChI is InChI=1S/C19H23N3O5S.C16H36N/c1-18(2)13(17(26)27)21-15(25)12(16(21)28-18)22-14(24)11(20-19(22,3)4)9-5-7-10(23)8-6-9;1-5-9-13-17(14-10-6-2,15-11-7-3)16-12-8-4/h5-8,11-13,16,20,23H,1-4H3,(H,26,27);5-16H2,1-4H3/q;+1/p-1/t11?,12?,13-,16+;/m0./s1. The zero-order chi connectivity index (χ0) is 33.6. The number of β-lactam (4-membered cyclic amide) rings is 1. The Labute approximate surface area is 275 Å². The maximum absolute atomic E-state index is 13.2. The van der Waals surface area contributed by atoms with Crippen molar-refractivity contribution < 1.29 is 29.1 Å². The number of phenols is 1. The minimum absolute atomic E-state index is 0.105. The lowest BCUT2D eigenvalue weighted by Crippen LogP contribution is -2.74. The molecule has 0 bridgehead atoms. The van der Waals surface area contributed by atoms with Crippen LogP contribution in [0.5, 0.6) is 5.75 Å². The number of unbranched alkanes of at least 4 members (excludes halogenated alkanes) is 4. The third-order valence-corrected chi connectivity index (χ3v) is 11.2. The molecule has 0 saturated carbocycles. The molecule has 0 aromatic heterocycles. The second-order valence-corrected chi connectivity index (χ2v) is 15.9. The van der Waals surface area contributed by atoms with Crippen molar-refractivity contribution >= 4 is 29.5 Å². The number of thioether (sulfide) groups is 1. The van der Waals surface area contributed by atoms with Crippen LogP contribution in [-0.4, -0.2) is 91.2 Å². The molecule has 2 unspecified atom stereocenters. The number of hydrogen-bond acceptors (Lipinski definition) is 7. The summed E-state index contributed by atoms with van der Waals surface area (Å²) in [6, 6.07) is 3.96. The summed E-state index contributed by atoms with van der Waals surface area (Å²) in [7, 11) is 0. The second-order valence-electron chi connectivity index (χ2n) is 14.1. The van der Waals surface area contributed by atoms with Crippen LogP contribution in [-0.2, 0) is 14.4 Å². The maximum Gasteiger partial charge on any atom is 0.250 e. The number of quaternary nitrogens is 1. The van der Waals surface area contributed by atoms with Crippen LogP contribution in [0.3, 0.4) is 0 Å². The summed E-state index contributed by atoms with van der Waals surface area (Å²) in [5.41, 5.74) is -0.106. The van der Waals surface area contributed by atoms with Crippen molar-refractivity contribution in [2.24, 2.45) is 0 Å². The number of hydrogen-bond donors (Lipinski definition) is 2. The molecule has 1 aromatic carbocycles. The van der Waals surface area contributed by atoms with Crippen molar-refractivity contribution in [3.63, 3.8) is 0 Å². The first-order valence-corrected chi connectivity index (χ1v) is 18.0. The van der Waals surface area contributed by atoms with Gasteiger partial charge in [0.1, 0.15) is 23.2 Å². The molecule has 3 fully saturated rings. The van der Waals surface area contributed by atoms with Crippen LogP contribution in [0.25, 0.3) is 0 Å². The van der Waals surface area contributed by atoms with E-state index in [1.54, 1.807) is 26.0 Å². The van der Waals surface area contributed by atoms with E-state index in [-0.39, 0.29) is 17.6 Å². The van der Waals surface area contributed by atoms with Gasteiger partial charge in [0.2, 0.25) is 11.8 Å². The number of benzene rings is 1. The van der Waals surface area contributed by atoms with Gasteiger partial charge in [0.05, 0.1) is 43.9 Å². The molecule has 3 heterocycles. The molecule has 9 nitrogen and oxygen atoms in total. The van der Waals surface area contributed by atoms with Crippen molar-refractivity contribution in [1.82, 2.24) is 15.1 Å². The summed E-state index contributed by atoms with van der Waals surface area (Å²) in [5.74, 6) is -1.79. The number of aromatic hydroxyl groups is 1. The summed E-state index contributed by atoms with van der Waals surface area (Å²) < 4.78 is 0.716. The fraction of sp³-hybridized carbons (Fsp3) is 0.743. The lowest BCUT2D eigenvalue weighted by Gasteiger charge is -2.51. The molecular weight excluding hydrogens is 588 g/mol. The number of fused-ring (bicyclic) bond motifs is 1. The highest BCUT2D eigenvalue weighted by Crippen LogP contribution is 2.53. The molecule has 2 N–H and O–H groups in total. The fourth-order valence-electron chi connectivity index (χ4n) is 7.13. The van der Waals surface area contributed by atoms with Gasteiger partial charge < -0.3 is 29.3 Å². The van der Waals surface area contributed by atoms with Crippen LogP contribution in [0.2, 0.25) is 0 Å². The van der Waals surface area contributed by atoms with Crippen molar-refractivity contribution in [2.75, 3.05) is 26.2 Å². The Hall–Kier alpha value is -2.30. The lowest BCUT2D eigenvalue weighted by atomic mass is 9.94. The normalized spacial score (nSPS) is 25.1. The first kappa shape index (κ1) is 37.2. The van der Waals surface area contributed by atoms with Gasteiger partial charge in [-0.1, -0.05) is 65.5 Å². The van der Waals surface area contributed by atoms with Crippen LogP contribution in [0.1, 0.15) is 118 Å². The van der Waals surface area contributed by atoms with Gasteiger partial charge in [0.25, 0.3) is 0 Å². The number of amides is 2. The van der Waals surface area contributed by atoms with E-state index in [1.807, 2.05) is 13.8 Å². The minimum atomic E-state index is -1.28. The summed E-state index contributed by atoms with van der Waals surface area (Å²) in [4.78, 5) is 40.6. The molecular formula is C35H58N4O5S. The average Bonchev–Trinajstić information content (AvgIpc) is 3.39. The van der Waals surface area contributed by atoms with E-state index >= 15 is 0 Å². The maximum atomic E-state index is 13.2. The first-order chi connectivity index (χ1) is 21.2. The first-order valence-electron chi connectivity index (χ1n) is 17.2. The Morgan fingerprint density at radius 2 is 1.33 bits per heavy atom. The second kappa shape index (κ2) is 15.5. The smallest absolute Gasteiger partial charge is 0.250 e. The molecule has 3 aliphatic rings. The number of rotatable bonds is 15. The Morgan fingerprint density at radius 1 is 0.867 bits per heavy atom. The zero-order valence-electron chi connectivity index (χ0n) is 28.9. The number of nitrogens with zero attached hydrogens (tertiary/aromatic N) is 3. The monoisotopic (exact) mass is 646 g/mol. The molecule has 2 amide bonds. The van der Waals surface area contributed by atoms with Crippen molar-refractivity contribution in [2.45, 2.75) is 141 Å². The molecule has 254 valence electrons. The fourth-order valence-corrected chi connectivity index (χ4v) is 8.80. The Balaban J connectivity index is 0.000000281. The van der Waals surface area contributed by atoms with E-state index in [0.29, 0.717) is 5.56 Å². The molecule has 3 aliphatic heterocycles. The molecule has 4 atom stereocenters. The van der Waals surface area contributed by atoms with Gasteiger partial charge in [-0.15, -0.1) is 11.8 Å². The van der Waals surface area contributed by atoms with Gasteiger partial charge in [0, 0.05) is 4.75 Å². The quantitative estimate of drug-likeness (QED) is 0.208. The highest BCUT2D eigenvalue weighted by Gasteiger charge is 2.67. The molecule has 0 aliphatic carbocycles. The topological polar surface area (TPSA) is 113 Å². The van der Waals surface area contributed by atoms with Gasteiger partial charge in [-0.25, -0.2) is 0 Å². The summed E-state index contributed by atoms with van der Waals surface area (Å²) in [6.07, 6.45) is 11.1. The summed E-state index contributed by atoms with van der Waals surface area (Å²) in [5, 5.41) is 23.9. The van der Waals surface area contributed by atoms with E-state index < -0.39 is 39.9 Å². The Bertz CT molecular complexity index is 1120. The number of carbonyl (C=O) groups excluding carboxylic acids is 3. The van der Waals surface area contributed by atoms with Crippen LogP contribution in [0.15, 0.2) is 24.3 Å². The van der Waals surface area contributed by atoms with Gasteiger partial charge in [-0.05, 0) is 71.1 Å². The van der Waals surface area contributed by atoms with E-state index in [1.165, 1.54) is 116 Å². The van der Waals surface area contributed by atoms with Gasteiger partial charge in [-0.2, -0.15) is 0 Å². The van der Waals surface area contributed by atoms with E-state index in [4.69, 9.17) is 0 Å². The third kappa shape index (κ3) is 8.17. The van der Waals surface area contributed by atoms with Crippen molar-refractivity contribution in [3.05, 3.63) is 29.8 Å². The Kier molecular flexibility index (Phi) is 12.8. The molecule has 10 heteroatoms. The number of carboxylic acid groups (broad SMARTS) is 1. The number of phenolic OH excluding ortho intramolecular Hbond substituents is 1. The minimum Gasteiger partial charge on any atom is -0.548 e. The van der Waals surface area contributed by atoms with E-state index in [2.05, 4.69) is 33.0 Å². The molecule has 0 radical (unpaired) electrons. The SMILES string of the molecule is CC1(C)S[C@@H]2C(N3C(=O)C(c4ccc(O)cc4)NC3(C)C)C(=O)N2[C@H]1C(=O)[O-].CCCC[N+](CCCC)(CCCC)CCCC. The third-order valence-electron chi connectivity index (χ3n) is 9.67. The summed E-state index contributed by atoms with van der Waals surface area (Å²) in [6.45, 7) is 22.2. The van der Waals surface area contributed by atoms with Crippen molar-refractivity contribution in [1.29, 1.82) is 0 Å². The number of carboxylic acids is 1. The largest absolute Gasteiger partial charge is 0.548 e. The lowest BCUT2D eigenvalue weighted by molar-refractivity contribution is -0.929. The molecule has 4 rings (SSSR count). The summed E-state index contributed by atoms with van der Waals surface area (Å²) >= 11 is 1.38. The van der Waals surface area contributed by atoms with Gasteiger partial charge >= 0.3 is 0 Å². The van der Waals surface area contributed by atoms with E-state index in [0.717, 1.165) is 0 Å². The molecule has 45 heavy (non-hydrogen) atoms. The highest BCUT2D eigenvalue weighted by atomic mass is 32.2. The van der Waals surface area contributed by atoms with Crippen LogP contribution in [0, 0.1) is 0 Å². The van der Waals surface area contributed by atoms with Crippen molar-refractivity contribution in [3.8, 4) is 5.75 Å². The van der Waals surface area contributed by atoms with Gasteiger partial charge in [0.15, 0.2) is 0 Å². The zero-order valence-corrected chi connectivity index (χ0v) is 29.8. The van der Waals surface area contributed by atoms with Crippen LogP contribution < -0.4 is 10.4 Å². The number of carbonyl (C=O) groups is 3. The Morgan fingerprint density at radius 3 is 1.76 bits per heavy atom. The van der Waals surface area contributed by atoms with E-state index in [9.17, 15) is 24.6 Å². The van der Waals surface area contributed by atoms with Crippen LogP contribution in [0.4, 0.5) is 0 Å².